The van der Waals surface area contributed by atoms with Gasteiger partial charge in [-0.15, -0.1) is 5.10 Å². The van der Waals surface area contributed by atoms with Gasteiger partial charge in [0.2, 0.25) is 11.1 Å². The van der Waals surface area contributed by atoms with Crippen LogP contribution >= 0.6 is 11.8 Å². The first-order chi connectivity index (χ1) is 15.1. The topological polar surface area (TPSA) is 79.9 Å². The molecular formula is C24H24N4O2S. The minimum atomic E-state index is -0.0931. The molecule has 0 saturated carbocycles. The number of benzene rings is 3. The van der Waals surface area contributed by atoms with E-state index in [4.69, 9.17) is 4.74 Å². The summed E-state index contributed by atoms with van der Waals surface area (Å²) in [5.74, 6) is 1.61. The first-order valence-electron chi connectivity index (χ1n) is 10.1. The maximum absolute atomic E-state index is 12.5. The molecule has 0 aliphatic carbocycles. The lowest BCUT2D eigenvalue weighted by atomic mass is 10.00. The number of nitrogens with zero attached hydrogens (tertiary/aromatic N) is 2. The Balaban J connectivity index is 1.29. The van der Waals surface area contributed by atoms with E-state index in [1.54, 1.807) is 0 Å². The Morgan fingerprint density at radius 2 is 1.87 bits per heavy atom. The lowest BCUT2D eigenvalue weighted by Crippen LogP contribution is -2.28. The van der Waals surface area contributed by atoms with E-state index in [0.717, 1.165) is 27.6 Å². The Morgan fingerprint density at radius 3 is 2.74 bits per heavy atom. The number of hydrogen-bond donors (Lipinski definition) is 2. The molecule has 0 saturated heterocycles. The average molecular weight is 433 g/mol. The fraction of sp³-hybridized carbons (Fsp3) is 0.208. The highest BCUT2D eigenvalue weighted by Gasteiger charge is 2.14. The van der Waals surface area contributed by atoms with Crippen molar-refractivity contribution in [3.05, 3.63) is 83.7 Å². The Morgan fingerprint density at radius 1 is 1.10 bits per heavy atom. The average Bonchev–Trinajstić information content (AvgIpc) is 3.24. The zero-order valence-corrected chi connectivity index (χ0v) is 18.3. The molecule has 4 rings (SSSR count). The second-order valence-electron chi connectivity index (χ2n) is 7.27. The summed E-state index contributed by atoms with van der Waals surface area (Å²) in [5.41, 5.74) is 2.17. The molecule has 0 bridgehead atoms. The summed E-state index contributed by atoms with van der Waals surface area (Å²) in [5, 5.41) is 12.9. The first-order valence-corrected chi connectivity index (χ1v) is 11.1. The second-order valence-corrected chi connectivity index (χ2v) is 8.21. The van der Waals surface area contributed by atoms with E-state index in [1.165, 1.54) is 11.8 Å². The summed E-state index contributed by atoms with van der Waals surface area (Å²) in [4.78, 5) is 16.9. The van der Waals surface area contributed by atoms with Crippen LogP contribution in [0, 0.1) is 6.92 Å². The zero-order valence-electron chi connectivity index (χ0n) is 17.5. The minimum absolute atomic E-state index is 0.0621. The number of nitrogens with one attached hydrogen (secondary N) is 2. The van der Waals surface area contributed by atoms with E-state index in [9.17, 15) is 4.79 Å². The van der Waals surface area contributed by atoms with Gasteiger partial charge in [0.25, 0.3) is 0 Å². The highest BCUT2D eigenvalue weighted by Crippen LogP contribution is 2.24. The van der Waals surface area contributed by atoms with Crippen LogP contribution in [0.1, 0.15) is 29.9 Å². The van der Waals surface area contributed by atoms with Gasteiger partial charge >= 0.3 is 0 Å². The van der Waals surface area contributed by atoms with Crippen molar-refractivity contribution in [2.75, 3.05) is 5.75 Å². The summed E-state index contributed by atoms with van der Waals surface area (Å²) in [6.45, 7) is 4.29. The smallest absolute Gasteiger partial charge is 0.230 e. The van der Waals surface area contributed by atoms with Crippen LogP contribution in [0.15, 0.2) is 71.9 Å². The molecular weight excluding hydrogens is 408 g/mol. The number of fused-ring (bicyclic) bond motifs is 1. The Hall–Kier alpha value is -3.32. The van der Waals surface area contributed by atoms with E-state index in [0.29, 0.717) is 17.6 Å². The molecule has 31 heavy (non-hydrogen) atoms. The summed E-state index contributed by atoms with van der Waals surface area (Å²) in [6.07, 6.45) is 0. The maximum Gasteiger partial charge on any atom is 0.230 e. The molecule has 0 aliphatic rings. The van der Waals surface area contributed by atoms with Gasteiger partial charge in [-0.05, 0) is 41.8 Å². The van der Waals surface area contributed by atoms with Crippen molar-refractivity contribution in [3.63, 3.8) is 0 Å². The van der Waals surface area contributed by atoms with Crippen molar-refractivity contribution in [2.24, 2.45) is 0 Å². The zero-order chi connectivity index (χ0) is 21.6. The number of rotatable bonds is 8. The van der Waals surface area contributed by atoms with Crippen LogP contribution in [0.3, 0.4) is 0 Å². The third kappa shape index (κ3) is 5.24. The molecule has 0 aliphatic heterocycles. The molecule has 6 nitrogen and oxygen atoms in total. The standard InChI is InChI=1S/C24H24N4O2S/c1-16-8-3-6-13-21(16)30-14-22-26-24(28-27-22)31-15-23(29)25-17(2)19-12-7-10-18-9-4-5-11-20(18)19/h3-13,17H,14-15H2,1-2H3,(H,25,29)(H,26,27,28)/t17-/m1/s1. The van der Waals surface area contributed by atoms with E-state index >= 15 is 0 Å². The van der Waals surface area contributed by atoms with E-state index in [-0.39, 0.29) is 17.7 Å². The van der Waals surface area contributed by atoms with Crippen LogP contribution in [-0.4, -0.2) is 26.8 Å². The predicted octanol–water partition coefficient (Wildman–Crippen LogP) is 4.81. The quantitative estimate of drug-likeness (QED) is 0.391. The highest BCUT2D eigenvalue weighted by molar-refractivity contribution is 7.99. The molecule has 7 heteroatoms. The Bertz CT molecular complexity index is 1190. The molecule has 0 fully saturated rings. The van der Waals surface area contributed by atoms with Gasteiger partial charge < -0.3 is 10.1 Å². The van der Waals surface area contributed by atoms with E-state index < -0.39 is 0 Å². The van der Waals surface area contributed by atoms with Gasteiger partial charge in [-0.25, -0.2) is 4.98 Å². The number of amides is 1. The van der Waals surface area contributed by atoms with Crippen LogP contribution in [-0.2, 0) is 11.4 Å². The largest absolute Gasteiger partial charge is 0.485 e. The summed E-state index contributed by atoms with van der Waals surface area (Å²) in [7, 11) is 0. The van der Waals surface area contributed by atoms with Crippen LogP contribution in [0.4, 0.5) is 0 Å². The minimum Gasteiger partial charge on any atom is -0.485 e. The van der Waals surface area contributed by atoms with Gasteiger partial charge in [0.15, 0.2) is 5.82 Å². The fourth-order valence-corrected chi connectivity index (χ4v) is 4.02. The van der Waals surface area contributed by atoms with Crippen molar-refractivity contribution < 1.29 is 9.53 Å². The molecule has 3 aromatic carbocycles. The summed E-state index contributed by atoms with van der Waals surface area (Å²) < 4.78 is 5.78. The number of aromatic amines is 1. The molecule has 0 radical (unpaired) electrons. The Labute approximate surface area is 185 Å². The van der Waals surface area contributed by atoms with Crippen LogP contribution in [0.5, 0.6) is 5.75 Å². The van der Waals surface area contributed by atoms with Crippen LogP contribution in [0.25, 0.3) is 10.8 Å². The summed E-state index contributed by atoms with van der Waals surface area (Å²) in [6, 6.07) is 22.1. The number of H-pyrrole nitrogens is 1. The second kappa shape index (κ2) is 9.66. The van der Waals surface area contributed by atoms with Crippen molar-refractivity contribution in [2.45, 2.75) is 31.7 Å². The lowest BCUT2D eigenvalue weighted by molar-refractivity contribution is -0.119. The molecule has 4 aromatic rings. The van der Waals surface area contributed by atoms with Gasteiger partial charge in [-0.1, -0.05) is 72.4 Å². The molecule has 1 atom stereocenters. The van der Waals surface area contributed by atoms with Crippen molar-refractivity contribution in [1.82, 2.24) is 20.5 Å². The Kier molecular flexibility index (Phi) is 6.52. The van der Waals surface area contributed by atoms with Crippen molar-refractivity contribution in [1.29, 1.82) is 0 Å². The molecule has 1 amide bonds. The van der Waals surface area contributed by atoms with Gasteiger partial charge in [0.05, 0.1) is 11.8 Å². The maximum atomic E-state index is 12.5. The number of para-hydroxylation sites is 1. The van der Waals surface area contributed by atoms with Gasteiger partial charge in [0, 0.05) is 0 Å². The summed E-state index contributed by atoms with van der Waals surface area (Å²) >= 11 is 1.29. The van der Waals surface area contributed by atoms with E-state index in [1.807, 2.05) is 56.3 Å². The SMILES string of the molecule is Cc1ccccc1OCc1nc(SCC(=O)N[C@H](C)c2cccc3ccccc23)n[nH]1. The number of aromatic nitrogens is 3. The molecule has 2 N–H and O–H groups in total. The van der Waals surface area contributed by atoms with Gasteiger partial charge in [-0.2, -0.15) is 0 Å². The molecule has 1 heterocycles. The number of carbonyl (C=O) groups excluding carboxylic acids is 1. The number of thioether (sulfide) groups is 1. The third-order valence-electron chi connectivity index (χ3n) is 4.97. The number of carbonyl (C=O) groups is 1. The monoisotopic (exact) mass is 432 g/mol. The van der Waals surface area contributed by atoms with E-state index in [2.05, 4.69) is 44.8 Å². The molecule has 1 aromatic heterocycles. The fourth-order valence-electron chi connectivity index (χ4n) is 3.39. The van der Waals surface area contributed by atoms with Gasteiger partial charge in [-0.3, -0.25) is 9.89 Å². The highest BCUT2D eigenvalue weighted by atomic mass is 32.2. The van der Waals surface area contributed by atoms with Gasteiger partial charge in [0.1, 0.15) is 12.4 Å². The lowest BCUT2D eigenvalue weighted by Gasteiger charge is -2.16. The van der Waals surface area contributed by atoms with Crippen molar-refractivity contribution >= 4 is 28.4 Å². The number of aryl methyl sites for hydroxylation is 1. The molecule has 0 unspecified atom stereocenters. The van der Waals surface area contributed by atoms with Crippen LogP contribution in [0.2, 0.25) is 0 Å². The molecule has 0 spiro atoms. The molecule has 158 valence electrons. The van der Waals surface area contributed by atoms with Crippen molar-refractivity contribution in [3.8, 4) is 5.75 Å². The first kappa shape index (κ1) is 20.9. The third-order valence-corrected chi connectivity index (χ3v) is 5.82. The number of ether oxygens (including phenoxy) is 1. The number of hydrogen-bond acceptors (Lipinski definition) is 5. The predicted molar refractivity (Wildman–Crippen MR) is 123 cm³/mol. The van der Waals surface area contributed by atoms with Crippen LogP contribution < -0.4 is 10.1 Å². The normalized spacial score (nSPS) is 11.9.